The van der Waals surface area contributed by atoms with Crippen molar-refractivity contribution in [3.63, 3.8) is 0 Å². The van der Waals surface area contributed by atoms with Crippen LogP contribution in [0.5, 0.6) is 0 Å². The molecule has 0 aliphatic carbocycles. The van der Waals surface area contributed by atoms with Gasteiger partial charge in [0.05, 0.1) is 0 Å². The van der Waals surface area contributed by atoms with Gasteiger partial charge in [-0.1, -0.05) is 92.9 Å². The smallest absolute Gasteiger partial charge is 0.0414 e. The molecular weight excluding hydrogens is 204 g/mol. The van der Waals surface area contributed by atoms with Crippen molar-refractivity contribution in [1.29, 1.82) is 0 Å². The lowest BCUT2D eigenvalue weighted by Gasteiger charge is -2.18. The van der Waals surface area contributed by atoms with Gasteiger partial charge < -0.3 is 0 Å². The molecule has 0 aromatic heterocycles. The lowest BCUT2D eigenvalue weighted by Crippen LogP contribution is -2.05. The summed E-state index contributed by atoms with van der Waals surface area (Å²) < 4.78 is 0. The third kappa shape index (κ3) is 16.0. The standard InChI is InChI=1S/C14H30.C3H8/c1-5-8-9-11-13(4)12-14(7-3)10-6-2;1-3-2/h13-14H,5-12H2,1-4H3;3H2,1-2H3. The van der Waals surface area contributed by atoms with E-state index in [2.05, 4.69) is 41.5 Å². The summed E-state index contributed by atoms with van der Waals surface area (Å²) in [6, 6.07) is 0. The van der Waals surface area contributed by atoms with Gasteiger partial charge in [-0.05, 0) is 18.3 Å². The highest BCUT2D eigenvalue weighted by Crippen LogP contribution is 2.23. The van der Waals surface area contributed by atoms with Gasteiger partial charge in [0.1, 0.15) is 0 Å². The number of unbranched alkanes of at least 4 members (excludes halogenated alkanes) is 2. The molecule has 0 nitrogen and oxygen atoms in total. The minimum atomic E-state index is 0.957. The first kappa shape index (κ1) is 19.3. The quantitative estimate of drug-likeness (QED) is 0.388. The van der Waals surface area contributed by atoms with Crippen molar-refractivity contribution in [3.8, 4) is 0 Å². The second-order valence-electron chi connectivity index (χ2n) is 5.61. The van der Waals surface area contributed by atoms with Gasteiger partial charge >= 0.3 is 0 Å². The molecule has 2 atom stereocenters. The number of rotatable bonds is 9. The van der Waals surface area contributed by atoms with Gasteiger partial charge in [0.2, 0.25) is 0 Å². The van der Waals surface area contributed by atoms with Gasteiger partial charge in [-0.2, -0.15) is 0 Å². The van der Waals surface area contributed by atoms with Crippen molar-refractivity contribution in [3.05, 3.63) is 0 Å². The highest BCUT2D eigenvalue weighted by Gasteiger charge is 2.10. The zero-order chi connectivity index (χ0) is 13.5. The van der Waals surface area contributed by atoms with E-state index in [4.69, 9.17) is 0 Å². The van der Waals surface area contributed by atoms with E-state index >= 15 is 0 Å². The van der Waals surface area contributed by atoms with E-state index in [1.165, 1.54) is 57.8 Å². The molecule has 0 N–H and O–H groups in total. The maximum atomic E-state index is 2.44. The van der Waals surface area contributed by atoms with Gasteiger partial charge in [0.15, 0.2) is 0 Å². The summed E-state index contributed by atoms with van der Waals surface area (Å²) >= 11 is 0. The normalized spacial score (nSPS) is 13.8. The summed E-state index contributed by atoms with van der Waals surface area (Å²) in [6.07, 6.45) is 12.6. The second kappa shape index (κ2) is 16.0. The minimum absolute atomic E-state index is 0.957. The monoisotopic (exact) mass is 242 g/mol. The van der Waals surface area contributed by atoms with E-state index in [1.807, 2.05) is 0 Å². The molecule has 17 heavy (non-hydrogen) atoms. The molecule has 0 fully saturated rings. The van der Waals surface area contributed by atoms with E-state index in [0.29, 0.717) is 0 Å². The summed E-state index contributed by atoms with van der Waals surface area (Å²) in [4.78, 5) is 0. The predicted molar refractivity (Wildman–Crippen MR) is 82.6 cm³/mol. The molecule has 0 amide bonds. The van der Waals surface area contributed by atoms with Crippen LogP contribution >= 0.6 is 0 Å². The van der Waals surface area contributed by atoms with Crippen molar-refractivity contribution in [1.82, 2.24) is 0 Å². The topological polar surface area (TPSA) is 0 Å². The molecule has 0 rings (SSSR count). The first-order chi connectivity index (χ1) is 8.15. The fourth-order valence-electron chi connectivity index (χ4n) is 2.33. The van der Waals surface area contributed by atoms with Crippen LogP contribution in [0.3, 0.4) is 0 Å². The first-order valence-electron chi connectivity index (χ1n) is 8.15. The van der Waals surface area contributed by atoms with Crippen molar-refractivity contribution >= 4 is 0 Å². The summed E-state index contributed by atoms with van der Waals surface area (Å²) in [7, 11) is 0. The molecule has 106 valence electrons. The third-order valence-corrected chi connectivity index (χ3v) is 3.31. The lowest BCUT2D eigenvalue weighted by molar-refractivity contribution is 0.338. The Labute approximate surface area is 112 Å². The lowest BCUT2D eigenvalue weighted by atomic mass is 9.87. The van der Waals surface area contributed by atoms with E-state index in [9.17, 15) is 0 Å². The zero-order valence-electron chi connectivity index (χ0n) is 13.5. The van der Waals surface area contributed by atoms with Crippen LogP contribution in [0.2, 0.25) is 0 Å². The van der Waals surface area contributed by atoms with Crippen molar-refractivity contribution in [2.24, 2.45) is 11.8 Å². The van der Waals surface area contributed by atoms with Crippen LogP contribution in [0.25, 0.3) is 0 Å². The second-order valence-corrected chi connectivity index (χ2v) is 5.61. The molecule has 0 aromatic carbocycles. The SMILES string of the molecule is CCC.CCCCCC(C)CC(CC)CCC. The molecule has 0 aromatic rings. The van der Waals surface area contributed by atoms with Crippen LogP contribution in [0.15, 0.2) is 0 Å². The first-order valence-corrected chi connectivity index (χ1v) is 8.15. The average molecular weight is 242 g/mol. The van der Waals surface area contributed by atoms with E-state index in [1.54, 1.807) is 0 Å². The summed E-state index contributed by atoms with van der Waals surface area (Å²) in [5, 5.41) is 0. The summed E-state index contributed by atoms with van der Waals surface area (Å²) in [5.41, 5.74) is 0. The highest BCUT2D eigenvalue weighted by molar-refractivity contribution is 4.62. The Balaban J connectivity index is 0. The maximum Gasteiger partial charge on any atom is -0.0414 e. The summed E-state index contributed by atoms with van der Waals surface area (Å²) in [6.45, 7) is 13.6. The van der Waals surface area contributed by atoms with E-state index in [0.717, 1.165) is 11.8 Å². The molecule has 0 spiro atoms. The average Bonchev–Trinajstić information content (AvgIpc) is 2.30. The van der Waals surface area contributed by atoms with E-state index in [-0.39, 0.29) is 0 Å². The third-order valence-electron chi connectivity index (χ3n) is 3.31. The summed E-state index contributed by atoms with van der Waals surface area (Å²) in [5.74, 6) is 1.95. The van der Waals surface area contributed by atoms with Gasteiger partial charge in [0, 0.05) is 0 Å². The molecule has 0 saturated heterocycles. The van der Waals surface area contributed by atoms with E-state index < -0.39 is 0 Å². The molecule has 0 heteroatoms. The van der Waals surface area contributed by atoms with Crippen LogP contribution in [-0.2, 0) is 0 Å². The Morgan fingerprint density at radius 3 is 1.76 bits per heavy atom. The molecule has 0 aliphatic rings. The Morgan fingerprint density at radius 2 is 1.35 bits per heavy atom. The number of hydrogen-bond acceptors (Lipinski definition) is 0. The maximum absolute atomic E-state index is 2.44. The van der Waals surface area contributed by atoms with Crippen LogP contribution in [0, 0.1) is 11.8 Å². The molecule has 0 radical (unpaired) electrons. The van der Waals surface area contributed by atoms with Crippen molar-refractivity contribution in [2.45, 2.75) is 99.3 Å². The van der Waals surface area contributed by atoms with Crippen LogP contribution in [-0.4, -0.2) is 0 Å². The van der Waals surface area contributed by atoms with Crippen molar-refractivity contribution in [2.75, 3.05) is 0 Å². The molecule has 2 unspecified atom stereocenters. The number of hydrogen-bond donors (Lipinski definition) is 0. The molecule has 0 aliphatic heterocycles. The van der Waals surface area contributed by atoms with Crippen molar-refractivity contribution < 1.29 is 0 Å². The Bertz CT molecular complexity index is 117. The predicted octanol–water partition coefficient (Wildman–Crippen LogP) is 6.84. The van der Waals surface area contributed by atoms with Gasteiger partial charge in [0.25, 0.3) is 0 Å². The van der Waals surface area contributed by atoms with Gasteiger partial charge in [-0.25, -0.2) is 0 Å². The van der Waals surface area contributed by atoms with Crippen LogP contribution in [0.4, 0.5) is 0 Å². The largest absolute Gasteiger partial charge is 0.0656 e. The molecule has 0 heterocycles. The fourth-order valence-corrected chi connectivity index (χ4v) is 2.33. The zero-order valence-corrected chi connectivity index (χ0v) is 13.5. The minimum Gasteiger partial charge on any atom is -0.0656 e. The Morgan fingerprint density at radius 1 is 0.765 bits per heavy atom. The van der Waals surface area contributed by atoms with Gasteiger partial charge in [-0.15, -0.1) is 0 Å². The molecular formula is C17H38. The molecule has 0 saturated carbocycles. The highest BCUT2D eigenvalue weighted by atomic mass is 14.2. The van der Waals surface area contributed by atoms with Crippen LogP contribution < -0.4 is 0 Å². The Hall–Kier alpha value is 0. The van der Waals surface area contributed by atoms with Crippen LogP contribution in [0.1, 0.15) is 99.3 Å². The Kier molecular flexibility index (Phi) is 18.2. The van der Waals surface area contributed by atoms with Gasteiger partial charge in [-0.3, -0.25) is 0 Å². The fraction of sp³-hybridized carbons (Fsp3) is 1.00. The molecule has 0 bridgehead atoms.